The van der Waals surface area contributed by atoms with Crippen LogP contribution >= 0.6 is 7.82 Å². The molecule has 0 fully saturated rings. The zero-order chi connectivity index (χ0) is 45.0. The monoisotopic (exact) mass is 887 g/mol. The standard InChI is InChI=1S/C51H100NO8P/c1-6-8-10-12-14-16-18-19-20-21-22-23-24-25-26-27-28-29-30-31-32-33-34-36-37-39-41-43-50(53)57-47-49(48-59-61(55,56)58-46-45-52(3,4)5)60-51(54)44-42-40-38-35-17-15-13-11-9-7-2/h11,13,49H,6-10,12,14-48H2,1-5H3/p+1/b13-11-. The number of unbranched alkanes of at least 4 members (excludes halogenated alkanes) is 32. The van der Waals surface area contributed by atoms with Gasteiger partial charge in [0.2, 0.25) is 0 Å². The number of ether oxygens (including phenoxy) is 2. The molecule has 10 heteroatoms. The van der Waals surface area contributed by atoms with Gasteiger partial charge in [0.15, 0.2) is 6.10 Å². The molecule has 0 aromatic heterocycles. The second kappa shape index (κ2) is 44.0. The maximum absolute atomic E-state index is 12.7. The van der Waals surface area contributed by atoms with Crippen LogP contribution in [0.3, 0.4) is 0 Å². The molecular formula is C51H101NO8P+. The van der Waals surface area contributed by atoms with Gasteiger partial charge in [-0.3, -0.25) is 18.6 Å². The van der Waals surface area contributed by atoms with E-state index in [0.29, 0.717) is 23.9 Å². The molecule has 2 atom stereocenters. The van der Waals surface area contributed by atoms with Gasteiger partial charge in [-0.25, -0.2) is 4.57 Å². The van der Waals surface area contributed by atoms with Crippen molar-refractivity contribution in [2.24, 2.45) is 0 Å². The molecule has 0 saturated heterocycles. The van der Waals surface area contributed by atoms with Crippen LogP contribution in [0.2, 0.25) is 0 Å². The highest BCUT2D eigenvalue weighted by atomic mass is 31.2. The fourth-order valence-electron chi connectivity index (χ4n) is 7.49. The van der Waals surface area contributed by atoms with Crippen molar-refractivity contribution in [1.82, 2.24) is 0 Å². The number of esters is 2. The van der Waals surface area contributed by atoms with Crippen molar-refractivity contribution in [3.05, 3.63) is 12.2 Å². The SMILES string of the molecule is CCC/C=C\CCCCCCCC(=O)OC(COC(=O)CCCCCCCCCCCCCCCCCCCCCCCCCCCCC)COP(=O)(O)OCC[N+](C)(C)C. The van der Waals surface area contributed by atoms with Crippen LogP contribution in [0.25, 0.3) is 0 Å². The molecule has 0 aromatic rings. The van der Waals surface area contributed by atoms with Gasteiger partial charge in [0.05, 0.1) is 27.7 Å². The average molecular weight is 887 g/mol. The smallest absolute Gasteiger partial charge is 0.462 e. The van der Waals surface area contributed by atoms with Crippen molar-refractivity contribution in [1.29, 1.82) is 0 Å². The summed E-state index contributed by atoms with van der Waals surface area (Å²) < 4.78 is 34.3. The van der Waals surface area contributed by atoms with Gasteiger partial charge >= 0.3 is 19.8 Å². The van der Waals surface area contributed by atoms with Crippen LogP contribution in [-0.4, -0.2) is 74.9 Å². The molecule has 0 radical (unpaired) electrons. The van der Waals surface area contributed by atoms with Crippen LogP contribution in [0.5, 0.6) is 0 Å². The molecule has 2 unspecified atom stereocenters. The van der Waals surface area contributed by atoms with Crippen molar-refractivity contribution >= 4 is 19.8 Å². The number of likely N-dealkylation sites (N-methyl/N-ethyl adjacent to an activating group) is 1. The number of hydrogen-bond donors (Lipinski definition) is 1. The largest absolute Gasteiger partial charge is 0.472 e. The van der Waals surface area contributed by atoms with Gasteiger partial charge in [0.25, 0.3) is 0 Å². The molecule has 1 N–H and O–H groups in total. The quantitative estimate of drug-likeness (QED) is 0.0212. The lowest BCUT2D eigenvalue weighted by molar-refractivity contribution is -0.870. The van der Waals surface area contributed by atoms with Crippen LogP contribution in [0, 0.1) is 0 Å². The second-order valence-electron chi connectivity index (χ2n) is 18.9. The van der Waals surface area contributed by atoms with Crippen molar-refractivity contribution in [3.63, 3.8) is 0 Å². The van der Waals surface area contributed by atoms with E-state index in [1.54, 1.807) is 0 Å². The van der Waals surface area contributed by atoms with Gasteiger partial charge < -0.3 is 18.9 Å². The van der Waals surface area contributed by atoms with Crippen LogP contribution in [0.1, 0.15) is 251 Å². The third-order valence-electron chi connectivity index (χ3n) is 11.5. The Balaban J connectivity index is 4.00. The number of carbonyl (C=O) groups excluding carboxylic acids is 2. The van der Waals surface area contributed by atoms with Crippen LogP contribution in [-0.2, 0) is 32.7 Å². The fourth-order valence-corrected chi connectivity index (χ4v) is 8.23. The summed E-state index contributed by atoms with van der Waals surface area (Å²) >= 11 is 0. The highest BCUT2D eigenvalue weighted by molar-refractivity contribution is 7.47. The predicted molar refractivity (Wildman–Crippen MR) is 257 cm³/mol. The Hall–Kier alpha value is -1.25. The average Bonchev–Trinajstić information content (AvgIpc) is 3.21. The van der Waals surface area contributed by atoms with E-state index in [4.69, 9.17) is 18.5 Å². The summed E-state index contributed by atoms with van der Waals surface area (Å²) in [5.41, 5.74) is 0. The minimum absolute atomic E-state index is 0.0331. The first kappa shape index (κ1) is 59.8. The third kappa shape index (κ3) is 48.1. The molecule has 9 nitrogen and oxygen atoms in total. The van der Waals surface area contributed by atoms with E-state index >= 15 is 0 Å². The number of hydrogen-bond acceptors (Lipinski definition) is 7. The number of carbonyl (C=O) groups is 2. The molecule has 0 rings (SSSR count). The minimum atomic E-state index is -4.37. The first-order chi connectivity index (χ1) is 29.5. The number of allylic oxidation sites excluding steroid dienone is 2. The molecule has 0 aromatic carbocycles. The van der Waals surface area contributed by atoms with E-state index in [1.807, 2.05) is 21.1 Å². The molecule has 0 heterocycles. The summed E-state index contributed by atoms with van der Waals surface area (Å²) in [4.78, 5) is 35.4. The molecule has 0 amide bonds. The lowest BCUT2D eigenvalue weighted by atomic mass is 10.0. The lowest BCUT2D eigenvalue weighted by Crippen LogP contribution is -2.37. The van der Waals surface area contributed by atoms with Crippen LogP contribution in [0.4, 0.5) is 0 Å². The Labute approximate surface area is 377 Å². The van der Waals surface area contributed by atoms with Crippen molar-refractivity contribution in [3.8, 4) is 0 Å². The summed E-state index contributed by atoms with van der Waals surface area (Å²) in [6.45, 7) is 4.39. The van der Waals surface area contributed by atoms with E-state index in [-0.39, 0.29) is 25.6 Å². The number of nitrogens with zero attached hydrogens (tertiary/aromatic N) is 1. The molecule has 0 saturated carbocycles. The molecular weight excluding hydrogens is 786 g/mol. The normalized spacial score (nSPS) is 13.5. The Morgan fingerprint density at radius 3 is 1.28 bits per heavy atom. The Morgan fingerprint density at radius 2 is 0.869 bits per heavy atom. The molecule has 0 aliphatic rings. The summed E-state index contributed by atoms with van der Waals surface area (Å²) in [5.74, 6) is -0.798. The van der Waals surface area contributed by atoms with Gasteiger partial charge in [0.1, 0.15) is 19.8 Å². The van der Waals surface area contributed by atoms with E-state index in [9.17, 15) is 19.0 Å². The maximum Gasteiger partial charge on any atom is 0.472 e. The first-order valence-electron chi connectivity index (χ1n) is 25.9. The molecule has 0 aliphatic carbocycles. The molecule has 0 spiro atoms. The second-order valence-corrected chi connectivity index (χ2v) is 20.4. The van der Waals surface area contributed by atoms with E-state index in [0.717, 1.165) is 57.8 Å². The fraction of sp³-hybridized carbons (Fsp3) is 0.922. The van der Waals surface area contributed by atoms with Gasteiger partial charge in [-0.2, -0.15) is 0 Å². The van der Waals surface area contributed by atoms with Crippen LogP contribution in [0.15, 0.2) is 12.2 Å². The zero-order valence-electron chi connectivity index (χ0n) is 40.9. The van der Waals surface area contributed by atoms with E-state index in [2.05, 4.69) is 26.0 Å². The first-order valence-corrected chi connectivity index (χ1v) is 27.4. The number of rotatable bonds is 48. The van der Waals surface area contributed by atoms with Gasteiger partial charge in [-0.15, -0.1) is 0 Å². The van der Waals surface area contributed by atoms with Crippen molar-refractivity contribution in [2.45, 2.75) is 258 Å². The summed E-state index contributed by atoms with van der Waals surface area (Å²) in [5, 5.41) is 0. The third-order valence-corrected chi connectivity index (χ3v) is 12.5. The zero-order valence-corrected chi connectivity index (χ0v) is 41.8. The number of quaternary nitrogens is 1. The summed E-state index contributed by atoms with van der Waals surface area (Å²) in [6, 6.07) is 0. The molecule has 61 heavy (non-hydrogen) atoms. The van der Waals surface area contributed by atoms with E-state index < -0.39 is 26.5 Å². The summed E-state index contributed by atoms with van der Waals surface area (Å²) in [7, 11) is 1.48. The lowest BCUT2D eigenvalue weighted by Gasteiger charge is -2.24. The van der Waals surface area contributed by atoms with Crippen molar-refractivity contribution < 1.29 is 42.1 Å². The predicted octanol–water partition coefficient (Wildman–Crippen LogP) is 15.3. The maximum atomic E-state index is 12.7. The topological polar surface area (TPSA) is 108 Å². The highest BCUT2D eigenvalue weighted by Gasteiger charge is 2.27. The Kier molecular flexibility index (Phi) is 43.1. The van der Waals surface area contributed by atoms with Gasteiger partial charge in [-0.1, -0.05) is 219 Å². The number of phosphoric ester groups is 1. The molecule has 362 valence electrons. The van der Waals surface area contributed by atoms with Crippen LogP contribution < -0.4 is 0 Å². The van der Waals surface area contributed by atoms with Gasteiger partial charge in [0, 0.05) is 12.8 Å². The Bertz CT molecular complexity index is 1050. The minimum Gasteiger partial charge on any atom is -0.462 e. The molecule has 0 bridgehead atoms. The summed E-state index contributed by atoms with van der Waals surface area (Å²) in [6.07, 6.45) is 48.7. The van der Waals surface area contributed by atoms with Gasteiger partial charge in [-0.05, 0) is 32.1 Å². The van der Waals surface area contributed by atoms with Crippen molar-refractivity contribution in [2.75, 3.05) is 47.5 Å². The Morgan fingerprint density at radius 1 is 0.492 bits per heavy atom. The van der Waals surface area contributed by atoms with E-state index in [1.165, 1.54) is 161 Å². The molecule has 0 aliphatic heterocycles. The highest BCUT2D eigenvalue weighted by Crippen LogP contribution is 2.43. The number of phosphoric acid groups is 1.